The molecule has 8 aromatic carbocycles. The second-order valence-corrected chi connectivity index (χ2v) is 24.2. The van der Waals surface area contributed by atoms with Crippen LogP contribution >= 0.6 is 0 Å². The Kier molecular flexibility index (Phi) is 10.2. The summed E-state index contributed by atoms with van der Waals surface area (Å²) in [4.78, 5) is 0. The van der Waals surface area contributed by atoms with Crippen molar-refractivity contribution < 1.29 is 0 Å². The van der Waals surface area contributed by atoms with Crippen LogP contribution < -0.4 is 16.2 Å². The van der Waals surface area contributed by atoms with E-state index in [2.05, 4.69) is 209 Å². The van der Waals surface area contributed by atoms with Gasteiger partial charge in [-0.2, -0.15) is 0 Å². The lowest BCUT2D eigenvalue weighted by Gasteiger charge is -2.50. The maximum Gasteiger partial charge on any atom is 0.197 e. The number of rotatable bonds is 7. The van der Waals surface area contributed by atoms with Crippen molar-refractivity contribution in [3.05, 3.63) is 175 Å². The lowest BCUT2D eigenvalue weighted by Crippen LogP contribution is -2.44. The van der Waals surface area contributed by atoms with Gasteiger partial charge in [0.05, 0.1) is 5.52 Å². The van der Waals surface area contributed by atoms with Gasteiger partial charge in [-0.25, -0.2) is 0 Å². The molecule has 1 radical (unpaired) electrons. The summed E-state index contributed by atoms with van der Waals surface area (Å²) >= 11 is 0. The second kappa shape index (κ2) is 16.6. The fourth-order valence-corrected chi connectivity index (χ4v) is 16.5. The molecule has 4 atom stereocenters. The molecular weight excluding hydrogens is 856 g/mol. The Morgan fingerprint density at radius 1 is 0.465 bits per heavy atom. The first-order valence-electron chi connectivity index (χ1n) is 27.3. The SMILES string of the molecule is CC1CC2CC(C)CC(c3ccc4c(c3)c3cc(C56CC(C)CC(CC(C)C5)C6)cc5c3n4-c3cc(-c4ccccc4)cc(-c4cc6ccccc6cc4Nc4ccc(-c6ccccc6)cc4)c3[B]5)(C1)C2. The average Bonchev–Trinajstić information content (AvgIpc) is 3.70. The van der Waals surface area contributed by atoms with Crippen molar-refractivity contribution in [1.29, 1.82) is 0 Å². The minimum absolute atomic E-state index is 0.208. The molecule has 1 aromatic heterocycles. The molecule has 9 aromatic rings. The third-order valence-electron chi connectivity index (χ3n) is 18.6. The van der Waals surface area contributed by atoms with E-state index in [9.17, 15) is 0 Å². The molecule has 4 aliphatic carbocycles. The van der Waals surface area contributed by atoms with E-state index in [4.69, 9.17) is 0 Å². The van der Waals surface area contributed by atoms with Crippen molar-refractivity contribution in [3.63, 3.8) is 0 Å². The van der Waals surface area contributed by atoms with E-state index in [-0.39, 0.29) is 10.8 Å². The Bertz CT molecular complexity index is 3490. The number of hydrogen-bond donors (Lipinski definition) is 1. The standard InChI is InChI=1S/C68H66BN2/c1-42-25-46-26-43(2)37-67(36-42,40-46)54-21-24-63-58(33-54)60-34-55(68-38-44(3)27-47(41-68)28-45(4)39-68)35-61-66(60)71(63)64-32-53(49-15-9-6-10-16-49)30-59(65(64)69-61)57-29-51-17-11-12-18-52(51)31-62(57)70-56-22-19-50(20-23-56)48-13-7-5-8-14-48/h5-24,29-35,42-47,70H,25-28,36-41H2,1-4H3. The third kappa shape index (κ3) is 7.34. The van der Waals surface area contributed by atoms with Gasteiger partial charge in [0.15, 0.2) is 7.28 Å². The monoisotopic (exact) mass is 922 g/mol. The molecule has 2 nitrogen and oxygen atoms in total. The van der Waals surface area contributed by atoms with Gasteiger partial charge in [-0.05, 0) is 220 Å². The van der Waals surface area contributed by atoms with Crippen LogP contribution in [0.15, 0.2) is 164 Å². The van der Waals surface area contributed by atoms with E-state index < -0.39 is 0 Å². The van der Waals surface area contributed by atoms with E-state index >= 15 is 0 Å². The normalized spacial score (nSPS) is 26.5. The Balaban J connectivity index is 1.01. The highest BCUT2D eigenvalue weighted by molar-refractivity contribution is 6.73. The Hall–Kier alpha value is -6.32. The van der Waals surface area contributed by atoms with Crippen molar-refractivity contribution in [2.75, 3.05) is 5.32 Å². The number of anilines is 2. The van der Waals surface area contributed by atoms with Crippen LogP contribution in [0.3, 0.4) is 0 Å². The van der Waals surface area contributed by atoms with Gasteiger partial charge in [0, 0.05) is 38.9 Å². The van der Waals surface area contributed by atoms with Crippen LogP contribution in [0.25, 0.3) is 71.6 Å². The molecule has 5 aliphatic rings. The zero-order valence-corrected chi connectivity index (χ0v) is 42.1. The van der Waals surface area contributed by atoms with E-state index in [0.29, 0.717) is 0 Å². The molecule has 3 heteroatoms. The second-order valence-electron chi connectivity index (χ2n) is 24.2. The number of fused-ring (bicyclic) bond motifs is 10. The van der Waals surface area contributed by atoms with Gasteiger partial charge in [-0.1, -0.05) is 142 Å². The summed E-state index contributed by atoms with van der Waals surface area (Å²) in [6.07, 6.45) is 13.5. The van der Waals surface area contributed by atoms with E-state index in [0.717, 1.165) is 46.9 Å². The summed E-state index contributed by atoms with van der Waals surface area (Å²) in [6.45, 7) is 10.2. The third-order valence-corrected chi connectivity index (χ3v) is 18.6. The van der Waals surface area contributed by atoms with Crippen LogP contribution in [0.5, 0.6) is 0 Å². The predicted octanol–water partition coefficient (Wildman–Crippen LogP) is 16.9. The molecule has 0 amide bonds. The number of benzene rings is 8. The fourth-order valence-electron chi connectivity index (χ4n) is 16.5. The minimum atomic E-state index is 0.208. The van der Waals surface area contributed by atoms with Crippen LogP contribution in [0, 0.1) is 35.5 Å². The maximum absolute atomic E-state index is 3.99. The van der Waals surface area contributed by atoms with Gasteiger partial charge in [-0.15, -0.1) is 0 Å². The molecule has 351 valence electrons. The average molecular weight is 922 g/mol. The van der Waals surface area contributed by atoms with Crippen molar-refractivity contribution in [3.8, 4) is 39.1 Å². The van der Waals surface area contributed by atoms with E-state index in [1.165, 1.54) is 147 Å². The van der Waals surface area contributed by atoms with Gasteiger partial charge < -0.3 is 9.88 Å². The zero-order valence-electron chi connectivity index (χ0n) is 42.1. The Morgan fingerprint density at radius 2 is 1.01 bits per heavy atom. The van der Waals surface area contributed by atoms with Crippen molar-refractivity contribution in [2.24, 2.45) is 35.5 Å². The number of nitrogens with one attached hydrogen (secondary N) is 1. The summed E-state index contributed by atoms with van der Waals surface area (Å²) in [5.74, 6) is 4.69. The minimum Gasteiger partial charge on any atom is -0.355 e. The Morgan fingerprint density at radius 3 is 1.65 bits per heavy atom. The molecule has 4 saturated carbocycles. The molecule has 0 saturated heterocycles. The van der Waals surface area contributed by atoms with E-state index in [1.54, 1.807) is 11.1 Å². The van der Waals surface area contributed by atoms with Gasteiger partial charge in [0.1, 0.15) is 0 Å². The summed E-state index contributed by atoms with van der Waals surface area (Å²) in [5, 5.41) is 9.37. The molecule has 71 heavy (non-hydrogen) atoms. The predicted molar refractivity (Wildman–Crippen MR) is 303 cm³/mol. The summed E-state index contributed by atoms with van der Waals surface area (Å²) in [7, 11) is 2.61. The number of nitrogens with zero attached hydrogens (tertiary/aromatic N) is 1. The number of aromatic nitrogens is 1. The molecule has 0 spiro atoms. The first-order chi connectivity index (χ1) is 34.6. The van der Waals surface area contributed by atoms with Gasteiger partial charge in [0.25, 0.3) is 0 Å². The van der Waals surface area contributed by atoms with Crippen LogP contribution in [0.2, 0.25) is 0 Å². The highest BCUT2D eigenvalue weighted by Crippen LogP contribution is 2.57. The largest absolute Gasteiger partial charge is 0.355 e. The van der Waals surface area contributed by atoms with Crippen molar-refractivity contribution in [1.82, 2.24) is 4.57 Å². The summed E-state index contributed by atoms with van der Waals surface area (Å²) in [6, 6.07) is 62.8. The highest BCUT2D eigenvalue weighted by Gasteiger charge is 2.47. The first-order valence-corrected chi connectivity index (χ1v) is 27.3. The van der Waals surface area contributed by atoms with Crippen LogP contribution in [0.1, 0.15) is 103 Å². The van der Waals surface area contributed by atoms with Crippen LogP contribution in [-0.2, 0) is 10.8 Å². The number of hydrogen-bond acceptors (Lipinski definition) is 1. The molecule has 4 unspecified atom stereocenters. The summed E-state index contributed by atoms with van der Waals surface area (Å²) in [5.41, 5.74) is 19.9. The Labute approximate surface area is 422 Å². The van der Waals surface area contributed by atoms with Gasteiger partial charge in [-0.3, -0.25) is 0 Å². The summed E-state index contributed by atoms with van der Waals surface area (Å²) < 4.78 is 2.70. The lowest BCUT2D eigenvalue weighted by atomic mass is 9.53. The molecule has 1 N–H and O–H groups in total. The fraction of sp³-hybridized carbons (Fsp3) is 0.324. The molecule has 4 fully saturated rings. The zero-order chi connectivity index (χ0) is 47.6. The van der Waals surface area contributed by atoms with Crippen LogP contribution in [-0.4, -0.2) is 11.8 Å². The molecule has 4 bridgehead atoms. The van der Waals surface area contributed by atoms with Crippen LogP contribution in [0.4, 0.5) is 11.4 Å². The topological polar surface area (TPSA) is 17.0 Å². The quantitative estimate of drug-likeness (QED) is 0.158. The van der Waals surface area contributed by atoms with Crippen molar-refractivity contribution >= 4 is 62.2 Å². The maximum atomic E-state index is 3.99. The molecule has 2 heterocycles. The van der Waals surface area contributed by atoms with Gasteiger partial charge in [0.2, 0.25) is 0 Å². The first kappa shape index (κ1) is 43.5. The van der Waals surface area contributed by atoms with Crippen molar-refractivity contribution in [2.45, 2.75) is 103 Å². The molecular formula is C68H66BN2. The highest BCUT2D eigenvalue weighted by atomic mass is 15.0. The van der Waals surface area contributed by atoms with Gasteiger partial charge >= 0.3 is 0 Å². The molecule has 1 aliphatic heterocycles. The lowest BCUT2D eigenvalue weighted by molar-refractivity contribution is 0.0779. The molecule has 14 rings (SSSR count). The smallest absolute Gasteiger partial charge is 0.197 e. The van der Waals surface area contributed by atoms with E-state index in [1.807, 2.05) is 0 Å².